The van der Waals surface area contributed by atoms with Gasteiger partial charge in [0.1, 0.15) is 0 Å². The Morgan fingerprint density at radius 2 is 1.28 bits per heavy atom. The smallest absolute Gasteiger partial charge is 0.456 e. The number of rotatable bonds is 11. The summed E-state index contributed by atoms with van der Waals surface area (Å²) in [5, 5.41) is 0. The van der Waals surface area contributed by atoms with Gasteiger partial charge in [-0.25, -0.2) is 0 Å². The highest BCUT2D eigenvalue weighted by atomic mass is 19.4. The van der Waals surface area contributed by atoms with Crippen molar-refractivity contribution in [3.8, 4) is 0 Å². The van der Waals surface area contributed by atoms with Gasteiger partial charge in [-0.15, -0.1) is 0 Å². The van der Waals surface area contributed by atoms with Gasteiger partial charge in [0.15, 0.2) is 12.0 Å². The number of ether oxygens (including phenoxy) is 2. The van der Waals surface area contributed by atoms with Crippen molar-refractivity contribution in [2.75, 3.05) is 13.2 Å². The van der Waals surface area contributed by atoms with Crippen LogP contribution in [0.25, 0.3) is 0 Å². The Kier molecular flexibility index (Phi) is 9.35. The Hall–Kier alpha value is -1.41. The Labute approximate surface area is 144 Å². The normalized spacial score (nSPS) is 12.8. The summed E-state index contributed by atoms with van der Waals surface area (Å²) in [5.41, 5.74) is -1.97. The van der Waals surface area contributed by atoms with Gasteiger partial charge in [-0.3, -0.25) is 9.59 Å². The molecule has 0 amide bonds. The van der Waals surface area contributed by atoms with Gasteiger partial charge in [-0.05, 0) is 20.3 Å². The molecule has 25 heavy (non-hydrogen) atoms. The van der Waals surface area contributed by atoms with Gasteiger partial charge >= 0.3 is 24.0 Å². The van der Waals surface area contributed by atoms with Crippen LogP contribution in [0.2, 0.25) is 0 Å². The maximum atomic E-state index is 12.7. The number of alkyl halides is 5. The van der Waals surface area contributed by atoms with Gasteiger partial charge in [0.25, 0.3) is 0 Å². The van der Waals surface area contributed by atoms with Crippen molar-refractivity contribution in [1.82, 2.24) is 0 Å². The molecule has 0 aliphatic carbocycles. The molecule has 0 aliphatic heterocycles. The lowest BCUT2D eigenvalue weighted by atomic mass is 9.94. The molecular weight excluding hydrogens is 351 g/mol. The zero-order chi connectivity index (χ0) is 19.7. The summed E-state index contributed by atoms with van der Waals surface area (Å²) < 4.78 is 70.4. The largest absolute Gasteiger partial charge is 0.465 e. The number of halogens is 5. The van der Waals surface area contributed by atoms with Crippen molar-refractivity contribution in [3.05, 3.63) is 0 Å². The van der Waals surface area contributed by atoms with E-state index in [-0.39, 0.29) is 6.61 Å². The van der Waals surface area contributed by atoms with Crippen molar-refractivity contribution < 1.29 is 41.0 Å². The average molecular weight is 376 g/mol. The predicted molar refractivity (Wildman–Crippen MR) is 80.1 cm³/mol. The van der Waals surface area contributed by atoms with Crippen LogP contribution in [-0.4, -0.2) is 37.3 Å². The van der Waals surface area contributed by atoms with Crippen LogP contribution in [0.1, 0.15) is 59.3 Å². The fourth-order valence-corrected chi connectivity index (χ4v) is 1.73. The third-order valence-electron chi connectivity index (χ3n) is 3.55. The van der Waals surface area contributed by atoms with E-state index in [2.05, 4.69) is 11.7 Å². The van der Waals surface area contributed by atoms with Gasteiger partial charge in [0, 0.05) is 0 Å². The minimum absolute atomic E-state index is 0.0420. The molecule has 0 bridgehead atoms. The lowest BCUT2D eigenvalue weighted by Gasteiger charge is -2.24. The summed E-state index contributed by atoms with van der Waals surface area (Å²) in [7, 11) is 0. The quantitative estimate of drug-likeness (QED) is 0.228. The van der Waals surface area contributed by atoms with Crippen molar-refractivity contribution in [2.45, 2.75) is 71.4 Å². The Bertz CT molecular complexity index is 433. The monoisotopic (exact) mass is 376 g/mol. The molecule has 9 heteroatoms. The van der Waals surface area contributed by atoms with Crippen molar-refractivity contribution in [1.29, 1.82) is 0 Å². The Morgan fingerprint density at radius 3 is 1.80 bits per heavy atom. The molecule has 0 unspecified atom stereocenters. The number of hydrogen-bond donors (Lipinski definition) is 0. The molecule has 0 saturated carbocycles. The van der Waals surface area contributed by atoms with Crippen LogP contribution in [0.5, 0.6) is 0 Å². The lowest BCUT2D eigenvalue weighted by Crippen LogP contribution is -2.44. The summed E-state index contributed by atoms with van der Waals surface area (Å²) in [6.07, 6.45) is -0.183. The van der Waals surface area contributed by atoms with E-state index in [9.17, 15) is 31.5 Å². The molecule has 4 nitrogen and oxygen atoms in total. The first-order valence-electron chi connectivity index (χ1n) is 8.15. The van der Waals surface area contributed by atoms with Gasteiger partial charge in [-0.2, -0.15) is 22.0 Å². The zero-order valence-corrected chi connectivity index (χ0v) is 14.7. The molecule has 0 saturated heterocycles. The Morgan fingerprint density at radius 1 is 0.800 bits per heavy atom. The number of unbranched alkanes of at least 4 members (excludes halogenated alkanes) is 5. The standard InChI is InChI=1S/C16H25F5O4/c1-4-5-6-7-8-9-10-24-12(22)14(2,3)13(23)25-11-15(17,18)16(19,20)21/h4-11H2,1-3H3. The third kappa shape index (κ3) is 8.00. The summed E-state index contributed by atoms with van der Waals surface area (Å²) in [6.45, 7) is 2.03. The van der Waals surface area contributed by atoms with Crippen LogP contribution < -0.4 is 0 Å². The molecule has 0 heterocycles. The molecule has 0 aromatic heterocycles. The molecule has 0 rings (SSSR count). The number of hydrogen-bond acceptors (Lipinski definition) is 4. The second-order valence-electron chi connectivity index (χ2n) is 6.31. The minimum atomic E-state index is -5.84. The van der Waals surface area contributed by atoms with Crippen molar-refractivity contribution >= 4 is 11.9 Å². The van der Waals surface area contributed by atoms with Crippen LogP contribution in [0.4, 0.5) is 22.0 Å². The van der Waals surface area contributed by atoms with Gasteiger partial charge in [0.05, 0.1) is 6.61 Å². The van der Waals surface area contributed by atoms with Crippen LogP contribution in [-0.2, 0) is 19.1 Å². The summed E-state index contributed by atoms with van der Waals surface area (Å²) >= 11 is 0. The second-order valence-corrected chi connectivity index (χ2v) is 6.31. The van der Waals surface area contributed by atoms with Crippen molar-refractivity contribution in [3.63, 3.8) is 0 Å². The summed E-state index contributed by atoms with van der Waals surface area (Å²) in [6, 6.07) is 0. The molecule has 148 valence electrons. The van der Waals surface area contributed by atoms with Crippen molar-refractivity contribution in [2.24, 2.45) is 5.41 Å². The SMILES string of the molecule is CCCCCCCCOC(=O)C(C)(C)C(=O)OCC(F)(F)C(F)(F)F. The van der Waals surface area contributed by atoms with E-state index in [1.165, 1.54) is 0 Å². The topological polar surface area (TPSA) is 52.6 Å². The fraction of sp³-hybridized carbons (Fsp3) is 0.875. The highest BCUT2D eigenvalue weighted by Crippen LogP contribution is 2.36. The van der Waals surface area contributed by atoms with E-state index in [1.54, 1.807) is 0 Å². The van der Waals surface area contributed by atoms with Gasteiger partial charge in [-0.1, -0.05) is 39.0 Å². The van der Waals surface area contributed by atoms with Crippen LogP contribution >= 0.6 is 0 Å². The molecule has 0 spiro atoms. The number of esters is 2. The molecule has 0 aliphatic rings. The number of carbonyl (C=O) groups excluding carboxylic acids is 2. The van der Waals surface area contributed by atoms with Crippen LogP contribution in [0.15, 0.2) is 0 Å². The lowest BCUT2D eigenvalue weighted by molar-refractivity contribution is -0.294. The van der Waals surface area contributed by atoms with Gasteiger partial charge in [0.2, 0.25) is 0 Å². The fourth-order valence-electron chi connectivity index (χ4n) is 1.73. The molecular formula is C16H25F5O4. The van der Waals surface area contributed by atoms with Crippen LogP contribution in [0, 0.1) is 5.41 Å². The average Bonchev–Trinajstić information content (AvgIpc) is 2.50. The first-order chi connectivity index (χ1) is 11.4. The highest BCUT2D eigenvalue weighted by Gasteiger charge is 2.59. The third-order valence-corrected chi connectivity index (χ3v) is 3.55. The maximum absolute atomic E-state index is 12.7. The predicted octanol–water partition coefficient (Wildman–Crippen LogP) is 4.66. The van der Waals surface area contributed by atoms with E-state index >= 15 is 0 Å². The Balaban J connectivity index is 4.30. The molecule has 0 fully saturated rings. The molecule has 0 aromatic carbocycles. The highest BCUT2D eigenvalue weighted by molar-refractivity contribution is 5.99. The maximum Gasteiger partial charge on any atom is 0.456 e. The first kappa shape index (κ1) is 23.6. The van der Waals surface area contributed by atoms with E-state index in [4.69, 9.17) is 4.74 Å². The zero-order valence-electron chi connectivity index (χ0n) is 14.7. The van der Waals surface area contributed by atoms with E-state index in [0.717, 1.165) is 46.0 Å². The second kappa shape index (κ2) is 9.91. The van der Waals surface area contributed by atoms with E-state index < -0.39 is 36.1 Å². The summed E-state index contributed by atoms with van der Waals surface area (Å²) in [5.74, 6) is -7.70. The summed E-state index contributed by atoms with van der Waals surface area (Å²) in [4.78, 5) is 23.5. The van der Waals surface area contributed by atoms with E-state index in [0.29, 0.717) is 6.42 Å². The molecule has 0 atom stereocenters. The van der Waals surface area contributed by atoms with E-state index in [1.807, 2.05) is 0 Å². The number of carbonyl (C=O) groups is 2. The minimum Gasteiger partial charge on any atom is -0.465 e. The van der Waals surface area contributed by atoms with Gasteiger partial charge < -0.3 is 9.47 Å². The molecule has 0 radical (unpaired) electrons. The first-order valence-corrected chi connectivity index (χ1v) is 8.15. The van der Waals surface area contributed by atoms with Crippen LogP contribution in [0.3, 0.4) is 0 Å². The molecule has 0 aromatic rings. The molecule has 0 N–H and O–H groups in total.